The van der Waals surface area contributed by atoms with E-state index < -0.39 is 5.60 Å². The van der Waals surface area contributed by atoms with E-state index in [0.29, 0.717) is 29.1 Å². The second-order valence-corrected chi connectivity index (χ2v) is 10.1. The number of anilines is 1. The van der Waals surface area contributed by atoms with Gasteiger partial charge in [-0.25, -0.2) is 4.98 Å². The van der Waals surface area contributed by atoms with Crippen molar-refractivity contribution in [1.82, 2.24) is 15.2 Å². The second-order valence-electron chi connectivity index (χ2n) is 9.31. The molecule has 0 spiro atoms. The third-order valence-electron chi connectivity index (χ3n) is 7.00. The topological polar surface area (TPSA) is 68.7 Å². The summed E-state index contributed by atoms with van der Waals surface area (Å²) in [6.07, 6.45) is 8.42. The SMILES string of the molecule is CC1CN(CCC2CCC(NC(=O)C3(O)CC3)CC2)CCN1c1cc(Cl)ncc1Cl. The highest BCUT2D eigenvalue weighted by atomic mass is 35.5. The number of hydrogen-bond donors (Lipinski definition) is 2. The largest absolute Gasteiger partial charge is 0.380 e. The van der Waals surface area contributed by atoms with Crippen LogP contribution in [0.3, 0.4) is 0 Å². The molecule has 1 unspecified atom stereocenters. The van der Waals surface area contributed by atoms with Crippen LogP contribution in [0, 0.1) is 5.92 Å². The Morgan fingerprint density at radius 2 is 2.00 bits per heavy atom. The van der Waals surface area contributed by atoms with Gasteiger partial charge >= 0.3 is 0 Å². The number of nitrogens with one attached hydrogen (secondary N) is 1. The van der Waals surface area contributed by atoms with Crippen LogP contribution >= 0.6 is 23.2 Å². The maximum atomic E-state index is 12.0. The van der Waals surface area contributed by atoms with Crippen LogP contribution in [0.4, 0.5) is 5.69 Å². The molecule has 1 saturated heterocycles. The van der Waals surface area contributed by atoms with E-state index >= 15 is 0 Å². The molecule has 0 bridgehead atoms. The van der Waals surface area contributed by atoms with E-state index in [1.165, 1.54) is 6.42 Å². The van der Waals surface area contributed by atoms with E-state index in [-0.39, 0.29) is 11.9 Å². The molecule has 0 radical (unpaired) electrons. The van der Waals surface area contributed by atoms with Gasteiger partial charge in [-0.15, -0.1) is 0 Å². The van der Waals surface area contributed by atoms with E-state index in [1.54, 1.807) is 6.20 Å². The summed E-state index contributed by atoms with van der Waals surface area (Å²) in [7, 11) is 0. The molecule has 2 saturated carbocycles. The molecule has 4 rings (SSSR count). The molecule has 6 nitrogen and oxygen atoms in total. The van der Waals surface area contributed by atoms with Crippen molar-refractivity contribution in [3.8, 4) is 0 Å². The van der Waals surface area contributed by atoms with Crippen LogP contribution in [-0.2, 0) is 4.79 Å². The fourth-order valence-electron chi connectivity index (χ4n) is 4.84. The van der Waals surface area contributed by atoms with Crippen LogP contribution in [0.1, 0.15) is 51.9 Å². The summed E-state index contributed by atoms with van der Waals surface area (Å²) in [5, 5.41) is 14.1. The van der Waals surface area contributed by atoms with E-state index in [4.69, 9.17) is 23.2 Å². The molecule has 1 aliphatic heterocycles. The van der Waals surface area contributed by atoms with Crippen molar-refractivity contribution >= 4 is 34.8 Å². The Morgan fingerprint density at radius 3 is 2.67 bits per heavy atom. The quantitative estimate of drug-likeness (QED) is 0.643. The van der Waals surface area contributed by atoms with E-state index in [9.17, 15) is 9.90 Å². The van der Waals surface area contributed by atoms with Crippen molar-refractivity contribution < 1.29 is 9.90 Å². The lowest BCUT2D eigenvalue weighted by Crippen LogP contribution is -2.52. The highest BCUT2D eigenvalue weighted by Crippen LogP contribution is 2.36. The van der Waals surface area contributed by atoms with Gasteiger partial charge < -0.3 is 15.3 Å². The first-order chi connectivity index (χ1) is 14.3. The van der Waals surface area contributed by atoms with Crippen LogP contribution in [0.25, 0.3) is 0 Å². The standard InChI is InChI=1S/C22H32Cl2N4O2/c1-15-14-27(10-11-28(15)19-12-20(24)25-13-18(19)23)9-6-16-2-4-17(5-3-16)26-21(29)22(30)7-8-22/h12-13,15-17,30H,2-11,14H2,1H3,(H,26,29). The molecule has 3 aliphatic rings. The monoisotopic (exact) mass is 454 g/mol. The maximum absolute atomic E-state index is 12.0. The van der Waals surface area contributed by atoms with Gasteiger partial charge in [0.25, 0.3) is 5.91 Å². The summed E-state index contributed by atoms with van der Waals surface area (Å²) in [4.78, 5) is 20.9. The molecule has 1 amide bonds. The Bertz CT molecular complexity index is 766. The minimum atomic E-state index is -1.05. The zero-order valence-corrected chi connectivity index (χ0v) is 19.1. The molecule has 3 fully saturated rings. The molecular formula is C22H32Cl2N4O2. The van der Waals surface area contributed by atoms with Crippen molar-refractivity contribution in [2.24, 2.45) is 5.92 Å². The average Bonchev–Trinajstić information content (AvgIpc) is 3.48. The highest BCUT2D eigenvalue weighted by molar-refractivity contribution is 6.34. The Labute approximate surface area is 188 Å². The molecule has 0 aromatic carbocycles. The van der Waals surface area contributed by atoms with Crippen molar-refractivity contribution in [3.05, 3.63) is 22.4 Å². The number of carbonyl (C=O) groups excluding carboxylic acids is 1. The fourth-order valence-corrected chi connectivity index (χ4v) is 5.21. The predicted molar refractivity (Wildman–Crippen MR) is 120 cm³/mol. The number of piperazine rings is 1. The molecule has 8 heteroatoms. The third kappa shape index (κ3) is 5.21. The van der Waals surface area contributed by atoms with Crippen LogP contribution in [0.2, 0.25) is 10.2 Å². The van der Waals surface area contributed by atoms with Gasteiger partial charge in [0.2, 0.25) is 0 Å². The molecule has 2 heterocycles. The van der Waals surface area contributed by atoms with Crippen molar-refractivity contribution in [2.45, 2.75) is 69.6 Å². The smallest absolute Gasteiger partial charge is 0.252 e. The Morgan fingerprint density at radius 1 is 1.27 bits per heavy atom. The molecule has 1 atom stereocenters. The first kappa shape index (κ1) is 22.1. The fraction of sp³-hybridized carbons (Fsp3) is 0.727. The summed E-state index contributed by atoms with van der Waals surface area (Å²) in [5.74, 6) is 0.567. The Balaban J connectivity index is 1.19. The molecule has 30 heavy (non-hydrogen) atoms. The first-order valence-corrected chi connectivity index (χ1v) is 11.9. The van der Waals surface area contributed by atoms with Gasteiger partial charge in [-0.1, -0.05) is 23.2 Å². The van der Waals surface area contributed by atoms with E-state index in [1.807, 2.05) is 6.07 Å². The van der Waals surface area contributed by atoms with Gasteiger partial charge in [-0.3, -0.25) is 9.69 Å². The third-order valence-corrected chi connectivity index (χ3v) is 7.50. The summed E-state index contributed by atoms with van der Waals surface area (Å²) >= 11 is 12.4. The summed E-state index contributed by atoms with van der Waals surface area (Å²) in [6, 6.07) is 2.46. The summed E-state index contributed by atoms with van der Waals surface area (Å²) in [5.41, 5.74) is -0.0818. The predicted octanol–water partition coefficient (Wildman–Crippen LogP) is 3.49. The second kappa shape index (κ2) is 9.19. The van der Waals surface area contributed by atoms with Crippen LogP contribution in [-0.4, -0.2) is 64.8 Å². The van der Waals surface area contributed by atoms with Gasteiger partial charge in [-0.05, 0) is 64.3 Å². The van der Waals surface area contributed by atoms with Gasteiger partial charge in [0.05, 0.1) is 10.7 Å². The average molecular weight is 455 g/mol. The van der Waals surface area contributed by atoms with Crippen molar-refractivity contribution in [1.29, 1.82) is 0 Å². The molecular weight excluding hydrogens is 423 g/mol. The van der Waals surface area contributed by atoms with Gasteiger partial charge in [0.15, 0.2) is 0 Å². The molecule has 166 valence electrons. The summed E-state index contributed by atoms with van der Waals surface area (Å²) < 4.78 is 0. The molecule has 2 aliphatic carbocycles. The number of rotatable bonds is 6. The number of amides is 1. The highest BCUT2D eigenvalue weighted by Gasteiger charge is 2.48. The van der Waals surface area contributed by atoms with Crippen LogP contribution < -0.4 is 10.2 Å². The zero-order valence-electron chi connectivity index (χ0n) is 17.6. The normalized spacial score (nSPS) is 28.9. The molecule has 1 aromatic heterocycles. The lowest BCUT2D eigenvalue weighted by Gasteiger charge is -2.42. The maximum Gasteiger partial charge on any atom is 0.252 e. The van der Waals surface area contributed by atoms with E-state index in [2.05, 4.69) is 27.0 Å². The van der Waals surface area contributed by atoms with Gasteiger partial charge in [0.1, 0.15) is 10.8 Å². The number of halogens is 2. The van der Waals surface area contributed by atoms with Crippen LogP contribution in [0.5, 0.6) is 0 Å². The van der Waals surface area contributed by atoms with Crippen LogP contribution in [0.15, 0.2) is 12.3 Å². The lowest BCUT2D eigenvalue weighted by molar-refractivity contribution is -0.132. The minimum absolute atomic E-state index is 0.159. The molecule has 2 N–H and O–H groups in total. The number of aliphatic hydroxyl groups is 1. The number of pyridine rings is 1. The summed E-state index contributed by atoms with van der Waals surface area (Å²) in [6.45, 7) is 6.32. The number of aromatic nitrogens is 1. The molecule has 1 aromatic rings. The Kier molecular flexibility index (Phi) is 6.78. The minimum Gasteiger partial charge on any atom is -0.380 e. The van der Waals surface area contributed by atoms with Gasteiger partial charge in [0, 0.05) is 44.0 Å². The number of hydrogen-bond acceptors (Lipinski definition) is 5. The van der Waals surface area contributed by atoms with E-state index in [0.717, 1.165) is 63.5 Å². The lowest BCUT2D eigenvalue weighted by atomic mass is 9.84. The zero-order chi connectivity index (χ0) is 21.3. The first-order valence-electron chi connectivity index (χ1n) is 11.2. The van der Waals surface area contributed by atoms with Crippen molar-refractivity contribution in [2.75, 3.05) is 31.1 Å². The number of carbonyl (C=O) groups is 1. The van der Waals surface area contributed by atoms with Crippen molar-refractivity contribution in [3.63, 3.8) is 0 Å². The number of nitrogens with zero attached hydrogens (tertiary/aromatic N) is 3. The Hall–Kier alpha value is -1.08. The van der Waals surface area contributed by atoms with Gasteiger partial charge in [-0.2, -0.15) is 0 Å².